The van der Waals surface area contributed by atoms with E-state index >= 15 is 0 Å². The van der Waals surface area contributed by atoms with Crippen molar-refractivity contribution in [3.63, 3.8) is 0 Å². The van der Waals surface area contributed by atoms with Crippen molar-refractivity contribution in [2.24, 2.45) is 0 Å². The van der Waals surface area contributed by atoms with Gasteiger partial charge in [-0.25, -0.2) is 14.4 Å². The maximum Gasteiger partial charge on any atom is 0.275 e. The number of hydrogen-bond acceptors (Lipinski definition) is 6. The predicted molar refractivity (Wildman–Crippen MR) is 121 cm³/mol. The second-order valence-electron chi connectivity index (χ2n) is 7.70. The van der Waals surface area contributed by atoms with Gasteiger partial charge in [0.1, 0.15) is 16.4 Å². The third kappa shape index (κ3) is 4.67. The average molecular weight is 459 g/mol. The van der Waals surface area contributed by atoms with Crippen LogP contribution in [0.15, 0.2) is 23.6 Å². The highest BCUT2D eigenvalue weighted by Gasteiger charge is 2.28. The molecule has 2 amide bonds. The molecule has 1 aliphatic rings. The van der Waals surface area contributed by atoms with Gasteiger partial charge in [0.05, 0.1) is 15.7 Å². The van der Waals surface area contributed by atoms with Crippen LogP contribution >= 0.6 is 22.7 Å². The molecule has 3 heterocycles. The molecule has 0 unspecified atom stereocenters. The summed E-state index contributed by atoms with van der Waals surface area (Å²) in [6.45, 7) is 6.77. The van der Waals surface area contributed by atoms with Gasteiger partial charge in [0.25, 0.3) is 11.8 Å². The highest BCUT2D eigenvalue weighted by atomic mass is 32.1. The van der Waals surface area contributed by atoms with Crippen LogP contribution in [-0.2, 0) is 0 Å². The highest BCUT2D eigenvalue weighted by Crippen LogP contribution is 2.32. The maximum absolute atomic E-state index is 13.7. The van der Waals surface area contributed by atoms with Gasteiger partial charge in [-0.15, -0.1) is 22.7 Å². The molecule has 0 radical (unpaired) electrons. The van der Waals surface area contributed by atoms with E-state index in [2.05, 4.69) is 15.3 Å². The van der Waals surface area contributed by atoms with Crippen molar-refractivity contribution < 1.29 is 14.0 Å². The normalized spacial score (nSPS) is 14.6. The minimum Gasteiger partial charge on any atom is -0.338 e. The van der Waals surface area contributed by atoms with Crippen LogP contribution < -0.4 is 5.32 Å². The summed E-state index contributed by atoms with van der Waals surface area (Å²) < 4.78 is 13.7. The molecule has 4 rings (SSSR count). The van der Waals surface area contributed by atoms with Crippen LogP contribution in [-0.4, -0.2) is 39.8 Å². The summed E-state index contributed by atoms with van der Waals surface area (Å²) in [6.07, 6.45) is 1.61. The third-order valence-electron chi connectivity index (χ3n) is 5.41. The van der Waals surface area contributed by atoms with E-state index in [0.29, 0.717) is 30.0 Å². The minimum atomic E-state index is -0.359. The standard InChI is InChI=1S/C22H23FN4O2S2/c1-12-4-5-16(10-17(12)23)25-20(28)18-11-30-21(26-18)15-6-8-27(9-7-15)22(29)19-13(2)24-14(3)31-19/h4-5,10-11,15H,6-9H2,1-3H3,(H,25,28). The number of anilines is 1. The van der Waals surface area contributed by atoms with Crippen molar-refractivity contribution in [3.05, 3.63) is 61.2 Å². The minimum absolute atomic E-state index is 0.0473. The zero-order chi connectivity index (χ0) is 22.1. The van der Waals surface area contributed by atoms with E-state index in [1.807, 2.05) is 18.7 Å². The Balaban J connectivity index is 1.36. The Morgan fingerprint density at radius 1 is 1.16 bits per heavy atom. The van der Waals surface area contributed by atoms with Crippen LogP contribution in [0, 0.1) is 26.6 Å². The van der Waals surface area contributed by atoms with Gasteiger partial charge in [-0.05, 0) is 51.3 Å². The fourth-order valence-corrected chi connectivity index (χ4v) is 5.51. The molecule has 0 atom stereocenters. The zero-order valence-electron chi connectivity index (χ0n) is 17.6. The van der Waals surface area contributed by atoms with Gasteiger partial charge in [-0.2, -0.15) is 0 Å². The van der Waals surface area contributed by atoms with Gasteiger partial charge in [0.2, 0.25) is 0 Å². The summed E-state index contributed by atoms with van der Waals surface area (Å²) in [6, 6.07) is 4.60. The van der Waals surface area contributed by atoms with Crippen molar-refractivity contribution in [3.8, 4) is 0 Å². The molecule has 1 saturated heterocycles. The number of nitrogens with one attached hydrogen (secondary N) is 1. The number of halogens is 1. The van der Waals surface area contributed by atoms with Crippen molar-refractivity contribution in [1.82, 2.24) is 14.9 Å². The number of piperidine rings is 1. The highest BCUT2D eigenvalue weighted by molar-refractivity contribution is 7.13. The lowest BCUT2D eigenvalue weighted by atomic mass is 9.97. The number of carbonyl (C=O) groups excluding carboxylic acids is 2. The molecule has 1 aromatic carbocycles. The molecule has 3 aromatic rings. The van der Waals surface area contributed by atoms with Crippen LogP contribution in [0.1, 0.15) is 60.2 Å². The van der Waals surface area contributed by atoms with Crippen LogP contribution in [0.4, 0.5) is 10.1 Å². The Labute approximate surface area is 188 Å². The molecule has 0 aliphatic carbocycles. The molecule has 31 heavy (non-hydrogen) atoms. The average Bonchev–Trinajstić information content (AvgIpc) is 3.37. The lowest BCUT2D eigenvalue weighted by Crippen LogP contribution is -2.37. The summed E-state index contributed by atoms with van der Waals surface area (Å²) in [5, 5.41) is 6.23. The summed E-state index contributed by atoms with van der Waals surface area (Å²) >= 11 is 2.90. The smallest absolute Gasteiger partial charge is 0.275 e. The van der Waals surface area contributed by atoms with E-state index < -0.39 is 0 Å². The van der Waals surface area contributed by atoms with Crippen LogP contribution in [0.25, 0.3) is 0 Å². The first-order valence-electron chi connectivity index (χ1n) is 10.1. The molecule has 0 saturated carbocycles. The summed E-state index contributed by atoms with van der Waals surface area (Å²) in [7, 11) is 0. The molecule has 9 heteroatoms. The molecule has 0 spiro atoms. The summed E-state index contributed by atoms with van der Waals surface area (Å²) in [5.74, 6) is -0.445. The topological polar surface area (TPSA) is 75.2 Å². The largest absolute Gasteiger partial charge is 0.338 e. The second-order valence-corrected chi connectivity index (χ2v) is 9.80. The number of amides is 2. The number of nitrogens with zero attached hydrogens (tertiary/aromatic N) is 3. The number of likely N-dealkylation sites (tertiary alicyclic amines) is 1. The van der Waals surface area contributed by atoms with E-state index in [1.54, 1.807) is 24.4 Å². The number of rotatable bonds is 4. The van der Waals surface area contributed by atoms with Gasteiger partial charge in [-0.1, -0.05) is 6.07 Å². The number of thiazole rings is 2. The zero-order valence-corrected chi connectivity index (χ0v) is 19.2. The van der Waals surface area contributed by atoms with E-state index in [4.69, 9.17) is 0 Å². The molecular weight excluding hydrogens is 435 g/mol. The van der Waals surface area contributed by atoms with Crippen molar-refractivity contribution in [1.29, 1.82) is 0 Å². The molecule has 162 valence electrons. The van der Waals surface area contributed by atoms with Crippen molar-refractivity contribution in [2.45, 2.75) is 39.5 Å². The van der Waals surface area contributed by atoms with Gasteiger partial charge in [0, 0.05) is 30.1 Å². The van der Waals surface area contributed by atoms with Crippen LogP contribution in [0.5, 0.6) is 0 Å². The Hall–Kier alpha value is -2.65. The summed E-state index contributed by atoms with van der Waals surface area (Å²) in [4.78, 5) is 36.8. The number of aromatic nitrogens is 2. The van der Waals surface area contributed by atoms with Crippen molar-refractivity contribution in [2.75, 3.05) is 18.4 Å². The Morgan fingerprint density at radius 3 is 2.55 bits per heavy atom. The number of aryl methyl sites for hydroxylation is 3. The van der Waals surface area contributed by atoms with E-state index in [1.165, 1.54) is 28.7 Å². The van der Waals surface area contributed by atoms with Gasteiger partial charge >= 0.3 is 0 Å². The Kier molecular flexibility index (Phi) is 6.15. The summed E-state index contributed by atoms with van der Waals surface area (Å²) in [5.41, 5.74) is 2.05. The maximum atomic E-state index is 13.7. The Morgan fingerprint density at radius 2 is 1.90 bits per heavy atom. The second kappa shape index (κ2) is 8.84. The first kappa shape index (κ1) is 21.6. The SMILES string of the molecule is Cc1nc(C)c(C(=O)N2CCC(c3nc(C(=O)Nc4ccc(C)c(F)c4)cs3)CC2)s1. The lowest BCUT2D eigenvalue weighted by molar-refractivity contribution is 0.0717. The first-order chi connectivity index (χ1) is 14.8. The fourth-order valence-electron chi connectivity index (χ4n) is 3.65. The molecule has 1 aliphatic heterocycles. The molecule has 6 nitrogen and oxygen atoms in total. The third-order valence-corrected chi connectivity index (χ3v) is 7.48. The van der Waals surface area contributed by atoms with E-state index in [0.717, 1.165) is 33.4 Å². The van der Waals surface area contributed by atoms with Crippen LogP contribution in [0.2, 0.25) is 0 Å². The van der Waals surface area contributed by atoms with E-state index in [9.17, 15) is 14.0 Å². The molecule has 1 N–H and O–H groups in total. The molecular formula is C22H23FN4O2S2. The van der Waals surface area contributed by atoms with Crippen LogP contribution in [0.3, 0.4) is 0 Å². The number of benzene rings is 1. The molecule has 0 bridgehead atoms. The first-order valence-corrected chi connectivity index (χ1v) is 11.8. The number of hydrogen-bond donors (Lipinski definition) is 1. The predicted octanol–water partition coefficient (Wildman–Crippen LogP) is 4.94. The number of carbonyl (C=O) groups is 2. The molecule has 1 fully saturated rings. The van der Waals surface area contributed by atoms with Gasteiger partial charge < -0.3 is 10.2 Å². The Bertz CT molecular complexity index is 1130. The quantitative estimate of drug-likeness (QED) is 0.601. The van der Waals surface area contributed by atoms with Crippen molar-refractivity contribution >= 4 is 40.2 Å². The van der Waals surface area contributed by atoms with E-state index in [-0.39, 0.29) is 23.5 Å². The molecule has 2 aromatic heterocycles. The monoisotopic (exact) mass is 458 g/mol. The fraction of sp³-hybridized carbons (Fsp3) is 0.364. The van der Waals surface area contributed by atoms with Gasteiger partial charge in [0.15, 0.2) is 0 Å². The lowest BCUT2D eigenvalue weighted by Gasteiger charge is -2.30. The van der Waals surface area contributed by atoms with Gasteiger partial charge in [-0.3, -0.25) is 9.59 Å².